The molecule has 1 unspecified atom stereocenters. The van der Waals surface area contributed by atoms with Crippen molar-refractivity contribution in [1.29, 1.82) is 0 Å². The second kappa shape index (κ2) is 8.69. The van der Waals surface area contributed by atoms with Gasteiger partial charge in [0.1, 0.15) is 6.04 Å². The highest BCUT2D eigenvalue weighted by Crippen LogP contribution is 2.20. The predicted molar refractivity (Wildman–Crippen MR) is 105 cm³/mol. The number of carbonyl (C=O) groups excluding carboxylic acids is 2. The van der Waals surface area contributed by atoms with Crippen LogP contribution >= 0.6 is 0 Å². The Balaban J connectivity index is 2.20. The fourth-order valence-corrected chi connectivity index (χ4v) is 2.54. The number of carbonyl (C=O) groups is 3. The number of benzene rings is 1. The Morgan fingerprint density at radius 2 is 1.82 bits per heavy atom. The maximum Gasteiger partial charge on any atom is 0.331 e. The summed E-state index contributed by atoms with van der Waals surface area (Å²) < 4.78 is 1.26. The van der Waals surface area contributed by atoms with Crippen LogP contribution < -0.4 is 10.6 Å². The lowest BCUT2D eigenvalue weighted by Gasteiger charge is -2.20. The topological polar surface area (TPSA) is 113 Å². The van der Waals surface area contributed by atoms with Gasteiger partial charge in [0, 0.05) is 12.6 Å². The van der Waals surface area contributed by atoms with E-state index in [-0.39, 0.29) is 11.8 Å². The number of hydrogen-bond donors (Lipinski definition) is 3. The molecule has 0 aliphatic carbocycles. The van der Waals surface area contributed by atoms with Crippen molar-refractivity contribution in [2.45, 2.75) is 45.7 Å². The Morgan fingerprint density at radius 1 is 1.18 bits per heavy atom. The van der Waals surface area contributed by atoms with Gasteiger partial charge in [-0.1, -0.05) is 44.2 Å². The first-order valence-electron chi connectivity index (χ1n) is 9.05. The third kappa shape index (κ3) is 5.18. The van der Waals surface area contributed by atoms with Gasteiger partial charge >= 0.3 is 5.97 Å². The quantitative estimate of drug-likeness (QED) is 0.645. The minimum Gasteiger partial charge on any atom is -0.479 e. The van der Waals surface area contributed by atoms with Crippen LogP contribution in [-0.2, 0) is 19.9 Å². The molecule has 1 aromatic heterocycles. The van der Waals surface area contributed by atoms with Crippen molar-refractivity contribution in [1.82, 2.24) is 15.1 Å². The number of carboxylic acid groups (broad SMARTS) is 1. The maximum atomic E-state index is 12.8. The number of aliphatic carboxylic acids is 1. The summed E-state index contributed by atoms with van der Waals surface area (Å²) in [4.78, 5) is 36.4. The van der Waals surface area contributed by atoms with Gasteiger partial charge in [0.25, 0.3) is 5.91 Å². The molecule has 2 aromatic rings. The first-order chi connectivity index (χ1) is 13.1. The molecule has 3 N–H and O–H groups in total. The van der Waals surface area contributed by atoms with Crippen LogP contribution in [0.5, 0.6) is 0 Å². The molecule has 150 valence electrons. The molecule has 0 fully saturated rings. The minimum absolute atomic E-state index is 0.163. The lowest BCUT2D eigenvalue weighted by molar-refractivity contribution is -0.146. The molecular formula is C20H26N4O4. The SMILES string of the molecule is CC(C)CC(=O)NC(C(=O)Nc1cnn(C(C)(C)C(=O)O)c1)c1ccccc1. The first-order valence-corrected chi connectivity index (χ1v) is 9.05. The highest BCUT2D eigenvalue weighted by Gasteiger charge is 2.31. The number of amides is 2. The Kier molecular flexibility index (Phi) is 6.56. The Morgan fingerprint density at radius 3 is 2.39 bits per heavy atom. The molecule has 2 amide bonds. The van der Waals surface area contributed by atoms with Crippen molar-refractivity contribution in [3.8, 4) is 0 Å². The monoisotopic (exact) mass is 386 g/mol. The van der Waals surface area contributed by atoms with Gasteiger partial charge in [-0.15, -0.1) is 0 Å². The van der Waals surface area contributed by atoms with Crippen molar-refractivity contribution >= 4 is 23.5 Å². The average molecular weight is 386 g/mol. The Bertz CT molecular complexity index is 843. The molecule has 0 saturated heterocycles. The van der Waals surface area contributed by atoms with E-state index >= 15 is 0 Å². The van der Waals surface area contributed by atoms with E-state index in [1.807, 2.05) is 19.9 Å². The highest BCUT2D eigenvalue weighted by atomic mass is 16.4. The maximum absolute atomic E-state index is 12.8. The number of nitrogens with zero attached hydrogens (tertiary/aromatic N) is 2. The number of anilines is 1. The normalized spacial score (nSPS) is 12.5. The fourth-order valence-electron chi connectivity index (χ4n) is 2.54. The van der Waals surface area contributed by atoms with Crippen LogP contribution in [0.2, 0.25) is 0 Å². The lowest BCUT2D eigenvalue weighted by atomic mass is 10.0. The van der Waals surface area contributed by atoms with E-state index < -0.39 is 23.5 Å². The summed E-state index contributed by atoms with van der Waals surface area (Å²) in [5.41, 5.74) is -0.262. The van der Waals surface area contributed by atoms with Crippen molar-refractivity contribution in [2.24, 2.45) is 5.92 Å². The van der Waals surface area contributed by atoms with Gasteiger partial charge in [0.15, 0.2) is 5.54 Å². The van der Waals surface area contributed by atoms with Gasteiger partial charge in [-0.05, 0) is 25.3 Å². The average Bonchev–Trinajstić information content (AvgIpc) is 3.08. The molecular weight excluding hydrogens is 360 g/mol. The zero-order valence-corrected chi connectivity index (χ0v) is 16.5. The fraction of sp³-hybridized carbons (Fsp3) is 0.400. The largest absolute Gasteiger partial charge is 0.479 e. The molecule has 0 spiro atoms. The van der Waals surface area contributed by atoms with E-state index in [1.54, 1.807) is 24.3 Å². The van der Waals surface area contributed by atoms with Crippen LogP contribution in [0, 0.1) is 5.92 Å². The molecule has 8 heteroatoms. The Hall–Kier alpha value is -3.16. The summed E-state index contributed by atoms with van der Waals surface area (Å²) in [6.45, 7) is 6.87. The predicted octanol–water partition coefficient (Wildman–Crippen LogP) is 2.54. The Labute approximate surface area is 163 Å². The van der Waals surface area contributed by atoms with Crippen molar-refractivity contribution in [2.75, 3.05) is 5.32 Å². The highest BCUT2D eigenvalue weighted by molar-refractivity contribution is 5.97. The summed E-state index contributed by atoms with van der Waals surface area (Å²) >= 11 is 0. The molecule has 0 radical (unpaired) electrons. The van der Waals surface area contributed by atoms with Crippen LogP contribution in [0.15, 0.2) is 42.7 Å². The lowest BCUT2D eigenvalue weighted by Crippen LogP contribution is -2.37. The van der Waals surface area contributed by atoms with Gasteiger partial charge in [-0.3, -0.25) is 14.3 Å². The second-order valence-corrected chi connectivity index (χ2v) is 7.54. The van der Waals surface area contributed by atoms with Gasteiger partial charge in [-0.25, -0.2) is 4.79 Å². The van der Waals surface area contributed by atoms with Gasteiger partial charge in [0.05, 0.1) is 11.9 Å². The molecule has 1 heterocycles. The van der Waals surface area contributed by atoms with Crippen molar-refractivity contribution in [3.05, 3.63) is 48.3 Å². The van der Waals surface area contributed by atoms with E-state index in [2.05, 4.69) is 15.7 Å². The summed E-state index contributed by atoms with van der Waals surface area (Å²) in [5, 5.41) is 18.8. The molecule has 0 aliphatic rings. The number of rotatable bonds is 8. The van der Waals surface area contributed by atoms with E-state index in [4.69, 9.17) is 0 Å². The van der Waals surface area contributed by atoms with Crippen molar-refractivity contribution < 1.29 is 19.5 Å². The van der Waals surface area contributed by atoms with Gasteiger partial charge in [0.2, 0.25) is 5.91 Å². The van der Waals surface area contributed by atoms with Crippen LogP contribution in [0.25, 0.3) is 0 Å². The van der Waals surface area contributed by atoms with E-state index in [1.165, 1.54) is 30.9 Å². The molecule has 0 aliphatic heterocycles. The number of carboxylic acids is 1. The van der Waals surface area contributed by atoms with Crippen LogP contribution in [0.1, 0.15) is 45.7 Å². The number of aromatic nitrogens is 2. The molecule has 0 saturated carbocycles. The zero-order valence-electron chi connectivity index (χ0n) is 16.5. The summed E-state index contributed by atoms with van der Waals surface area (Å²) in [7, 11) is 0. The van der Waals surface area contributed by atoms with Crippen molar-refractivity contribution in [3.63, 3.8) is 0 Å². The third-order valence-electron chi connectivity index (χ3n) is 4.24. The molecule has 1 aromatic carbocycles. The second-order valence-electron chi connectivity index (χ2n) is 7.54. The van der Waals surface area contributed by atoms with Crippen LogP contribution in [0.3, 0.4) is 0 Å². The summed E-state index contributed by atoms with van der Waals surface area (Å²) in [5.74, 6) is -1.54. The summed E-state index contributed by atoms with van der Waals surface area (Å²) in [6.07, 6.45) is 3.13. The molecule has 8 nitrogen and oxygen atoms in total. The molecule has 0 bridgehead atoms. The third-order valence-corrected chi connectivity index (χ3v) is 4.24. The molecule has 1 atom stereocenters. The van der Waals surface area contributed by atoms with E-state index in [0.717, 1.165) is 0 Å². The van der Waals surface area contributed by atoms with E-state index in [0.29, 0.717) is 17.7 Å². The summed E-state index contributed by atoms with van der Waals surface area (Å²) in [6, 6.07) is 8.05. The van der Waals surface area contributed by atoms with Crippen LogP contribution in [0.4, 0.5) is 5.69 Å². The smallest absolute Gasteiger partial charge is 0.331 e. The van der Waals surface area contributed by atoms with Gasteiger partial charge in [-0.2, -0.15) is 5.10 Å². The van der Waals surface area contributed by atoms with E-state index in [9.17, 15) is 19.5 Å². The molecule has 2 rings (SSSR count). The number of hydrogen-bond acceptors (Lipinski definition) is 4. The zero-order chi connectivity index (χ0) is 20.9. The van der Waals surface area contributed by atoms with Gasteiger partial charge < -0.3 is 15.7 Å². The molecule has 28 heavy (non-hydrogen) atoms. The standard InChI is InChI=1S/C20H26N4O4/c1-13(2)10-16(25)23-17(14-8-6-5-7-9-14)18(26)22-15-11-21-24(12-15)20(3,4)19(27)28/h5-9,11-13,17H,10H2,1-4H3,(H,22,26)(H,23,25)(H,27,28). The minimum atomic E-state index is -1.26. The van der Waals surface area contributed by atoms with Crippen LogP contribution in [-0.4, -0.2) is 32.7 Å². The first kappa shape index (κ1) is 21.1. The number of nitrogens with one attached hydrogen (secondary N) is 2.